The van der Waals surface area contributed by atoms with E-state index in [9.17, 15) is 18.0 Å². The molecule has 3 aromatic rings. The van der Waals surface area contributed by atoms with Crippen LogP contribution in [0.2, 0.25) is 0 Å². The van der Waals surface area contributed by atoms with Crippen molar-refractivity contribution in [3.8, 4) is 17.3 Å². The summed E-state index contributed by atoms with van der Waals surface area (Å²) < 4.78 is 47.3. The summed E-state index contributed by atoms with van der Waals surface area (Å²) in [5.74, 6) is 1.86. The molecule has 1 amide bonds. The lowest BCUT2D eigenvalue weighted by Crippen LogP contribution is -2.48. The maximum absolute atomic E-state index is 13.9. The van der Waals surface area contributed by atoms with E-state index in [1.54, 1.807) is 20.1 Å². The van der Waals surface area contributed by atoms with Crippen molar-refractivity contribution in [3.05, 3.63) is 47.4 Å². The maximum Gasteiger partial charge on any atom is 0.433 e. The van der Waals surface area contributed by atoms with Crippen molar-refractivity contribution in [2.24, 2.45) is 5.41 Å². The lowest BCUT2D eigenvalue weighted by molar-refractivity contribution is -0.141. The molecular formula is C33H39F3N8O2. The van der Waals surface area contributed by atoms with Crippen LogP contribution in [-0.2, 0) is 16.4 Å². The highest BCUT2D eigenvalue weighted by Crippen LogP contribution is 2.59. The number of pyridine rings is 1. The van der Waals surface area contributed by atoms with Crippen molar-refractivity contribution in [1.82, 2.24) is 34.8 Å². The molecule has 46 heavy (non-hydrogen) atoms. The van der Waals surface area contributed by atoms with Gasteiger partial charge in [-0.05, 0) is 87.2 Å². The Morgan fingerprint density at radius 1 is 0.935 bits per heavy atom. The smallest absolute Gasteiger partial charge is 0.433 e. The summed E-state index contributed by atoms with van der Waals surface area (Å²) >= 11 is 0. The number of piperidine rings is 1. The van der Waals surface area contributed by atoms with Crippen LogP contribution in [0.4, 0.5) is 19.1 Å². The monoisotopic (exact) mass is 636 g/mol. The fraction of sp³-hybridized carbons (Fsp3) is 0.606. The van der Waals surface area contributed by atoms with Crippen LogP contribution in [0.5, 0.6) is 5.88 Å². The Hall–Kier alpha value is -3.90. The second kappa shape index (κ2) is 11.7. The average molecular weight is 637 g/mol. The number of hydrogen-bond acceptors (Lipinski definition) is 9. The number of rotatable bonds is 8. The van der Waals surface area contributed by atoms with E-state index in [1.807, 2.05) is 4.90 Å². The molecule has 0 radical (unpaired) electrons. The zero-order valence-electron chi connectivity index (χ0n) is 26.2. The van der Waals surface area contributed by atoms with Gasteiger partial charge in [-0.25, -0.2) is 24.9 Å². The molecule has 4 saturated carbocycles. The molecule has 0 spiro atoms. The first-order chi connectivity index (χ1) is 22.1. The second-order valence-electron chi connectivity index (χ2n) is 13.6. The van der Waals surface area contributed by atoms with Gasteiger partial charge in [0, 0.05) is 37.9 Å². The number of likely N-dealkylation sites (tertiary alicyclic amines) is 1. The third-order valence-corrected chi connectivity index (χ3v) is 10.9. The first-order valence-electron chi connectivity index (χ1n) is 16.3. The Morgan fingerprint density at radius 2 is 1.63 bits per heavy atom. The normalized spacial score (nSPS) is 25.0. The molecule has 1 saturated heterocycles. The van der Waals surface area contributed by atoms with Gasteiger partial charge in [-0.1, -0.05) is 6.07 Å². The molecule has 0 unspecified atom stereocenters. The summed E-state index contributed by atoms with van der Waals surface area (Å²) in [6.45, 7) is 3.46. The lowest BCUT2D eigenvalue weighted by Gasteiger charge is -2.54. The van der Waals surface area contributed by atoms with Gasteiger partial charge in [0.2, 0.25) is 17.7 Å². The van der Waals surface area contributed by atoms with Gasteiger partial charge in [0.1, 0.15) is 23.9 Å². The van der Waals surface area contributed by atoms with Crippen molar-refractivity contribution in [3.63, 3.8) is 0 Å². The number of hydrogen-bond donors (Lipinski definition) is 1. The number of carbonyl (C=O) groups is 1. The Morgan fingerprint density at radius 3 is 2.26 bits per heavy atom. The largest absolute Gasteiger partial charge is 0.480 e. The van der Waals surface area contributed by atoms with Gasteiger partial charge >= 0.3 is 6.18 Å². The van der Waals surface area contributed by atoms with Gasteiger partial charge in [-0.15, -0.1) is 0 Å². The van der Waals surface area contributed by atoms with E-state index < -0.39 is 11.9 Å². The lowest BCUT2D eigenvalue weighted by atomic mass is 9.52. The summed E-state index contributed by atoms with van der Waals surface area (Å²) in [7, 11) is 1.57. The van der Waals surface area contributed by atoms with Crippen molar-refractivity contribution >= 4 is 11.9 Å². The standard InChI is InChI=1S/C33H39F3N8O2/c1-20(45)44-15-7-21(8-16-44)23-5-6-24(33(34,35)36)42-27(23)32-12-9-31(10-13-32,11-14-32)17-37-30-41-19-39-28(43-30)25-26(22-3-4-22)38-18-40-29(25)46-2/h5-6,18-19,21-22H,3-4,7-17H2,1-2H3,(H,37,39,41,43). The third-order valence-electron chi connectivity index (χ3n) is 10.9. The minimum atomic E-state index is -4.50. The molecule has 1 aliphatic heterocycles. The fourth-order valence-corrected chi connectivity index (χ4v) is 7.95. The summed E-state index contributed by atoms with van der Waals surface area (Å²) in [6, 6.07) is 2.81. The molecule has 5 fully saturated rings. The van der Waals surface area contributed by atoms with Gasteiger partial charge in [-0.3, -0.25) is 4.79 Å². The molecule has 244 valence electrons. The van der Waals surface area contributed by atoms with Gasteiger partial charge < -0.3 is 15.0 Å². The van der Waals surface area contributed by atoms with Crippen LogP contribution in [0.15, 0.2) is 24.8 Å². The zero-order chi connectivity index (χ0) is 32.1. The van der Waals surface area contributed by atoms with Crippen molar-refractivity contribution < 1.29 is 22.7 Å². The number of halogens is 3. The number of methoxy groups -OCH3 is 1. The van der Waals surface area contributed by atoms with Crippen LogP contribution >= 0.6 is 0 Å². The molecule has 0 atom stereocenters. The molecule has 2 bridgehead atoms. The number of fused-ring (bicyclic) bond motifs is 3. The number of nitrogens with one attached hydrogen (secondary N) is 1. The quantitative estimate of drug-likeness (QED) is 0.315. The number of nitrogens with zero attached hydrogens (tertiary/aromatic N) is 7. The summed E-state index contributed by atoms with van der Waals surface area (Å²) in [4.78, 5) is 40.4. The zero-order valence-corrected chi connectivity index (χ0v) is 26.2. The molecule has 4 heterocycles. The number of aromatic nitrogens is 6. The summed E-state index contributed by atoms with van der Waals surface area (Å²) in [5.41, 5.74) is 1.97. The molecule has 1 N–H and O–H groups in total. The van der Waals surface area contributed by atoms with E-state index in [1.165, 1.54) is 12.7 Å². The average Bonchev–Trinajstić information content (AvgIpc) is 3.93. The van der Waals surface area contributed by atoms with E-state index in [-0.39, 0.29) is 22.7 Å². The third kappa shape index (κ3) is 5.77. The molecular weight excluding hydrogens is 597 g/mol. The molecule has 5 aliphatic rings. The summed E-state index contributed by atoms with van der Waals surface area (Å²) in [6.07, 6.45) is 7.08. The van der Waals surface area contributed by atoms with E-state index in [2.05, 4.69) is 30.2 Å². The predicted molar refractivity (Wildman–Crippen MR) is 163 cm³/mol. The molecule has 8 rings (SSSR count). The minimum absolute atomic E-state index is 0.00407. The van der Waals surface area contributed by atoms with E-state index >= 15 is 0 Å². The van der Waals surface area contributed by atoms with Crippen molar-refractivity contribution in [2.75, 3.05) is 32.1 Å². The van der Waals surface area contributed by atoms with Gasteiger partial charge in [0.25, 0.3) is 0 Å². The number of carbonyl (C=O) groups excluding carboxylic acids is 1. The number of amides is 1. The Kier molecular flexibility index (Phi) is 7.83. The molecule has 0 aromatic carbocycles. The summed E-state index contributed by atoms with van der Waals surface area (Å²) in [5, 5.41) is 3.46. The number of ether oxygens (including phenoxy) is 1. The van der Waals surface area contributed by atoms with Crippen LogP contribution in [0.3, 0.4) is 0 Å². The van der Waals surface area contributed by atoms with Crippen LogP contribution in [0, 0.1) is 5.41 Å². The molecule has 4 aliphatic carbocycles. The highest BCUT2D eigenvalue weighted by Gasteiger charge is 2.51. The molecule has 3 aromatic heterocycles. The number of alkyl halides is 3. The van der Waals surface area contributed by atoms with E-state index in [0.29, 0.717) is 54.5 Å². The first-order valence-corrected chi connectivity index (χ1v) is 16.3. The van der Waals surface area contributed by atoms with Crippen LogP contribution in [0.1, 0.15) is 106 Å². The van der Waals surface area contributed by atoms with Gasteiger partial charge in [-0.2, -0.15) is 18.2 Å². The highest BCUT2D eigenvalue weighted by atomic mass is 19.4. The second-order valence-corrected chi connectivity index (χ2v) is 13.6. The minimum Gasteiger partial charge on any atom is -0.480 e. The first kappa shape index (κ1) is 30.7. The number of anilines is 1. The van der Waals surface area contributed by atoms with Gasteiger partial charge in [0.15, 0.2) is 5.82 Å². The van der Waals surface area contributed by atoms with E-state index in [4.69, 9.17) is 9.72 Å². The van der Waals surface area contributed by atoms with Crippen LogP contribution < -0.4 is 10.1 Å². The fourth-order valence-electron chi connectivity index (χ4n) is 7.95. The molecule has 10 nitrogen and oxygen atoms in total. The van der Waals surface area contributed by atoms with E-state index in [0.717, 1.165) is 81.5 Å². The highest BCUT2D eigenvalue weighted by molar-refractivity contribution is 5.73. The van der Waals surface area contributed by atoms with Crippen molar-refractivity contribution in [2.45, 2.75) is 94.6 Å². The van der Waals surface area contributed by atoms with Crippen LogP contribution in [-0.4, -0.2) is 67.5 Å². The predicted octanol–water partition coefficient (Wildman–Crippen LogP) is 6.06. The Labute approximate surface area is 266 Å². The van der Waals surface area contributed by atoms with Crippen molar-refractivity contribution in [1.29, 1.82) is 0 Å². The molecule has 13 heteroatoms. The Balaban J connectivity index is 1.09. The maximum atomic E-state index is 13.9. The Bertz CT molecular complexity index is 1600. The SMILES string of the molecule is COc1ncnc(C2CC2)c1-c1ncnc(NCC23CCC(c4nc(C(F)(F)F)ccc4C4CCN(C(C)=O)CC4)(CC2)CC3)n1. The van der Waals surface area contributed by atoms with Gasteiger partial charge in [0.05, 0.1) is 18.5 Å². The topological polar surface area (TPSA) is 119 Å². The van der Waals surface area contributed by atoms with Crippen LogP contribution in [0.25, 0.3) is 11.4 Å².